The highest BCUT2D eigenvalue weighted by Crippen LogP contribution is 2.24. The first kappa shape index (κ1) is 21.2. The van der Waals surface area contributed by atoms with Gasteiger partial charge in [-0.3, -0.25) is 14.6 Å². The van der Waals surface area contributed by atoms with Gasteiger partial charge in [0, 0.05) is 25.2 Å². The summed E-state index contributed by atoms with van der Waals surface area (Å²) in [7, 11) is 1.58. The van der Waals surface area contributed by atoms with E-state index in [9.17, 15) is 14.7 Å². The van der Waals surface area contributed by atoms with Crippen LogP contribution in [0.4, 0.5) is 0 Å². The fraction of sp³-hybridized carbons (Fsp3) is 0.600. The fourth-order valence-electron chi connectivity index (χ4n) is 3.32. The van der Waals surface area contributed by atoms with Crippen LogP contribution in [0.15, 0.2) is 24.3 Å². The number of carboxylic acid groups (broad SMARTS) is 1. The smallest absolute Gasteiger partial charge is 0.339 e. The number of esters is 1. The summed E-state index contributed by atoms with van der Waals surface area (Å²) in [5, 5.41) is 9.45. The minimum atomic E-state index is -0.988. The topological polar surface area (TPSA) is 79.3 Å². The number of carbonyl (C=O) groups excluding carboxylic acids is 1. The summed E-state index contributed by atoms with van der Waals surface area (Å²) in [5.74, 6) is -0.740. The molecule has 150 valence electrons. The molecule has 0 bridgehead atoms. The molecule has 1 saturated heterocycles. The quantitative estimate of drug-likeness (QED) is 0.696. The van der Waals surface area contributed by atoms with Crippen molar-refractivity contribution >= 4 is 11.9 Å². The van der Waals surface area contributed by atoms with Gasteiger partial charge in [0.05, 0.1) is 13.7 Å². The molecule has 1 aromatic carbocycles. The van der Waals surface area contributed by atoms with Crippen LogP contribution in [-0.2, 0) is 20.9 Å². The Morgan fingerprint density at radius 2 is 1.85 bits per heavy atom. The van der Waals surface area contributed by atoms with Gasteiger partial charge in [-0.15, -0.1) is 0 Å². The maximum atomic E-state index is 13.0. The standard InChI is InChI=1S/C20H30N2O5/c1-20(2,3)27-19(25)18(21-11-7-8-12-21)22(14-17(23)24)13-15-9-5-6-10-16(15)26-4/h5-6,9-10,18H,7-8,11-14H2,1-4H3,(H,23,24). The highest BCUT2D eigenvalue weighted by atomic mass is 16.6. The average molecular weight is 378 g/mol. The van der Waals surface area contributed by atoms with Crippen LogP contribution in [0.1, 0.15) is 39.2 Å². The van der Waals surface area contributed by atoms with E-state index in [1.54, 1.807) is 12.0 Å². The zero-order valence-corrected chi connectivity index (χ0v) is 16.6. The number of benzene rings is 1. The van der Waals surface area contributed by atoms with Crippen molar-refractivity contribution in [3.63, 3.8) is 0 Å². The number of hydrogen-bond donors (Lipinski definition) is 1. The van der Waals surface area contributed by atoms with Crippen LogP contribution in [-0.4, -0.2) is 65.4 Å². The molecule has 1 atom stereocenters. The number of likely N-dealkylation sites (tertiary alicyclic amines) is 1. The lowest BCUT2D eigenvalue weighted by Crippen LogP contribution is -2.55. The first-order chi connectivity index (χ1) is 12.7. The normalized spacial score (nSPS) is 16.3. The molecule has 2 rings (SSSR count). The molecular formula is C20H30N2O5. The average Bonchev–Trinajstić information content (AvgIpc) is 3.07. The van der Waals surface area contributed by atoms with E-state index in [0.717, 1.165) is 31.5 Å². The summed E-state index contributed by atoms with van der Waals surface area (Å²) < 4.78 is 11.0. The lowest BCUT2D eigenvalue weighted by molar-refractivity contribution is -0.170. The van der Waals surface area contributed by atoms with Crippen molar-refractivity contribution in [1.29, 1.82) is 0 Å². The zero-order valence-electron chi connectivity index (χ0n) is 16.6. The van der Waals surface area contributed by atoms with Crippen LogP contribution in [0.5, 0.6) is 5.75 Å². The second-order valence-corrected chi connectivity index (χ2v) is 7.76. The van der Waals surface area contributed by atoms with E-state index in [-0.39, 0.29) is 13.1 Å². The van der Waals surface area contributed by atoms with E-state index >= 15 is 0 Å². The maximum absolute atomic E-state index is 13.0. The van der Waals surface area contributed by atoms with Crippen molar-refractivity contribution in [3.05, 3.63) is 29.8 Å². The van der Waals surface area contributed by atoms with Crippen molar-refractivity contribution in [2.75, 3.05) is 26.7 Å². The number of carboxylic acids is 1. The third-order valence-electron chi connectivity index (χ3n) is 4.35. The number of aliphatic carboxylic acids is 1. The number of rotatable bonds is 8. The Bertz CT molecular complexity index is 650. The van der Waals surface area contributed by atoms with Gasteiger partial charge in [-0.25, -0.2) is 4.79 Å². The molecule has 1 unspecified atom stereocenters. The molecule has 0 aliphatic carbocycles. The number of carbonyl (C=O) groups is 2. The summed E-state index contributed by atoms with van der Waals surface area (Å²) in [6.07, 6.45) is 1.22. The number of hydrogen-bond acceptors (Lipinski definition) is 6. The van der Waals surface area contributed by atoms with Crippen LogP contribution in [0.25, 0.3) is 0 Å². The Balaban J connectivity index is 2.34. The Morgan fingerprint density at radius 1 is 1.22 bits per heavy atom. The monoisotopic (exact) mass is 378 g/mol. The van der Waals surface area contributed by atoms with Crippen LogP contribution in [0, 0.1) is 0 Å². The summed E-state index contributed by atoms with van der Waals surface area (Å²) in [6.45, 7) is 6.93. The van der Waals surface area contributed by atoms with E-state index in [1.165, 1.54) is 0 Å². The number of para-hydroxylation sites is 1. The van der Waals surface area contributed by atoms with Crippen LogP contribution < -0.4 is 4.74 Å². The van der Waals surface area contributed by atoms with E-state index in [0.29, 0.717) is 5.75 Å². The van der Waals surface area contributed by atoms with Gasteiger partial charge in [0.25, 0.3) is 0 Å². The van der Waals surface area contributed by atoms with E-state index in [2.05, 4.69) is 0 Å². The maximum Gasteiger partial charge on any atom is 0.339 e. The fourth-order valence-corrected chi connectivity index (χ4v) is 3.32. The molecule has 0 aromatic heterocycles. The molecule has 7 nitrogen and oxygen atoms in total. The van der Waals surface area contributed by atoms with Crippen molar-refractivity contribution in [1.82, 2.24) is 9.80 Å². The second-order valence-electron chi connectivity index (χ2n) is 7.76. The van der Waals surface area contributed by atoms with Gasteiger partial charge < -0.3 is 14.6 Å². The van der Waals surface area contributed by atoms with Crippen molar-refractivity contribution in [3.8, 4) is 5.75 Å². The van der Waals surface area contributed by atoms with Gasteiger partial charge in [-0.05, 0) is 39.7 Å². The molecule has 1 fully saturated rings. The van der Waals surface area contributed by atoms with Gasteiger partial charge in [0.2, 0.25) is 0 Å². The Labute approximate surface area is 160 Å². The molecule has 1 N–H and O–H groups in total. The van der Waals surface area contributed by atoms with Crippen molar-refractivity contribution in [2.24, 2.45) is 0 Å². The molecular weight excluding hydrogens is 348 g/mol. The molecule has 1 aliphatic rings. The highest BCUT2D eigenvalue weighted by Gasteiger charge is 2.37. The number of nitrogens with zero attached hydrogens (tertiary/aromatic N) is 2. The third kappa shape index (κ3) is 6.22. The Kier molecular flexibility index (Phi) is 7.21. The van der Waals surface area contributed by atoms with E-state index in [4.69, 9.17) is 9.47 Å². The molecule has 27 heavy (non-hydrogen) atoms. The molecule has 1 aliphatic heterocycles. The van der Waals surface area contributed by atoms with Crippen LogP contribution in [0.2, 0.25) is 0 Å². The van der Waals surface area contributed by atoms with Gasteiger partial charge in [-0.1, -0.05) is 18.2 Å². The van der Waals surface area contributed by atoms with Gasteiger partial charge in [0.1, 0.15) is 11.4 Å². The predicted octanol–water partition coefficient (Wildman–Crippen LogP) is 2.35. The summed E-state index contributed by atoms with van der Waals surface area (Å²) in [6, 6.07) is 7.43. The first-order valence-electron chi connectivity index (χ1n) is 9.26. The van der Waals surface area contributed by atoms with Crippen molar-refractivity contribution < 1.29 is 24.2 Å². The summed E-state index contributed by atoms with van der Waals surface area (Å²) >= 11 is 0. The number of methoxy groups -OCH3 is 1. The Hall–Kier alpha value is -2.12. The van der Waals surface area contributed by atoms with E-state index < -0.39 is 23.7 Å². The first-order valence-corrected chi connectivity index (χ1v) is 9.26. The molecule has 1 aromatic rings. The third-order valence-corrected chi connectivity index (χ3v) is 4.35. The van der Waals surface area contributed by atoms with Gasteiger partial charge in [-0.2, -0.15) is 0 Å². The van der Waals surface area contributed by atoms with Crippen LogP contribution in [0.3, 0.4) is 0 Å². The number of ether oxygens (including phenoxy) is 2. The zero-order chi connectivity index (χ0) is 20.0. The molecule has 7 heteroatoms. The van der Waals surface area contributed by atoms with Crippen molar-refractivity contribution in [2.45, 2.75) is 51.9 Å². The van der Waals surface area contributed by atoms with Gasteiger partial charge in [0.15, 0.2) is 6.17 Å². The summed E-state index contributed by atoms with van der Waals surface area (Å²) in [4.78, 5) is 28.2. The highest BCUT2D eigenvalue weighted by molar-refractivity contribution is 5.77. The minimum absolute atomic E-state index is 0.265. The summed E-state index contributed by atoms with van der Waals surface area (Å²) in [5.41, 5.74) is 0.183. The van der Waals surface area contributed by atoms with Gasteiger partial charge >= 0.3 is 11.9 Å². The molecule has 0 spiro atoms. The Morgan fingerprint density at radius 3 is 2.41 bits per heavy atom. The SMILES string of the molecule is COc1ccccc1CN(CC(=O)O)C(C(=O)OC(C)(C)C)N1CCCC1. The minimum Gasteiger partial charge on any atom is -0.496 e. The molecule has 0 amide bonds. The lowest BCUT2D eigenvalue weighted by Gasteiger charge is -2.36. The lowest BCUT2D eigenvalue weighted by atomic mass is 10.1. The van der Waals surface area contributed by atoms with Crippen LogP contribution >= 0.6 is 0 Å². The molecule has 0 saturated carbocycles. The molecule has 1 heterocycles. The van der Waals surface area contributed by atoms with E-state index in [1.807, 2.05) is 49.9 Å². The predicted molar refractivity (Wildman–Crippen MR) is 101 cm³/mol. The molecule has 0 radical (unpaired) electrons. The second kappa shape index (κ2) is 9.19. The largest absolute Gasteiger partial charge is 0.496 e.